The number of hydrogen-bond acceptors (Lipinski definition) is 3. The maximum atomic E-state index is 3.66. The normalized spacial score (nSPS) is 12.0. The van der Waals surface area contributed by atoms with Crippen molar-refractivity contribution in [2.75, 3.05) is 7.05 Å². The highest BCUT2D eigenvalue weighted by molar-refractivity contribution is 5.23. The molecule has 0 aliphatic carbocycles. The first-order valence-corrected chi connectivity index (χ1v) is 4.17. The molecule has 0 spiro atoms. The lowest BCUT2D eigenvalue weighted by atomic mass is 10.1. The summed E-state index contributed by atoms with van der Waals surface area (Å²) in [6, 6.07) is 0.462. The van der Waals surface area contributed by atoms with Crippen molar-refractivity contribution in [1.29, 1.82) is 0 Å². The van der Waals surface area contributed by atoms with Gasteiger partial charge >= 0.3 is 0 Å². The van der Waals surface area contributed by atoms with Crippen molar-refractivity contribution in [3.8, 4) is 0 Å². The van der Waals surface area contributed by atoms with E-state index in [1.807, 2.05) is 7.05 Å². The Morgan fingerprint density at radius 2 is 2.08 bits per heavy atom. The van der Waals surface area contributed by atoms with Crippen LogP contribution in [0.4, 0.5) is 0 Å². The number of nitrogens with zero attached hydrogens (tertiary/aromatic N) is 1. The van der Waals surface area contributed by atoms with Crippen LogP contribution in [0.1, 0.15) is 27.2 Å². The van der Waals surface area contributed by atoms with Crippen LogP contribution in [0.2, 0.25) is 0 Å². The predicted octanol–water partition coefficient (Wildman–Crippen LogP) is 1.48. The molecule has 0 aliphatic heterocycles. The monoisotopic (exact) mass is 169 g/mol. The largest absolute Gasteiger partial charge is 0.317 e. The molecule has 0 fully saturated rings. The van der Waals surface area contributed by atoms with Crippen molar-refractivity contribution in [3.05, 3.63) is 11.3 Å². The standard InChI is InChI=1S/C9H19N3/c1-7(2)9(12-11-5)6-8(3)10-4/h8,10,12H,5-6H2,1-4H3. The number of hydrazone groups is 1. The second-order valence-corrected chi connectivity index (χ2v) is 3.14. The summed E-state index contributed by atoms with van der Waals surface area (Å²) in [6.07, 6.45) is 0.956. The Bertz CT molecular complexity index is 169. The zero-order chi connectivity index (χ0) is 9.56. The molecule has 0 aromatic rings. The lowest BCUT2D eigenvalue weighted by Crippen LogP contribution is -2.24. The van der Waals surface area contributed by atoms with Gasteiger partial charge in [-0.1, -0.05) is 5.57 Å². The van der Waals surface area contributed by atoms with Gasteiger partial charge in [-0.3, -0.25) is 5.43 Å². The molecule has 0 amide bonds. The Kier molecular flexibility index (Phi) is 5.37. The van der Waals surface area contributed by atoms with Crippen LogP contribution < -0.4 is 10.7 Å². The second-order valence-electron chi connectivity index (χ2n) is 3.14. The summed E-state index contributed by atoms with van der Waals surface area (Å²) in [7, 11) is 1.95. The van der Waals surface area contributed by atoms with Crippen molar-refractivity contribution in [2.45, 2.75) is 33.2 Å². The molecule has 0 saturated heterocycles. The molecule has 0 aliphatic rings. The van der Waals surface area contributed by atoms with Gasteiger partial charge in [0.2, 0.25) is 0 Å². The summed E-state index contributed by atoms with van der Waals surface area (Å²) in [6.45, 7) is 9.66. The molecule has 0 rings (SSSR count). The molecule has 3 heteroatoms. The Hall–Kier alpha value is -0.830. The van der Waals surface area contributed by atoms with Gasteiger partial charge < -0.3 is 5.32 Å². The number of nitrogens with one attached hydrogen (secondary N) is 2. The third-order valence-corrected chi connectivity index (χ3v) is 1.82. The molecule has 0 heterocycles. The minimum absolute atomic E-state index is 0.462. The zero-order valence-electron chi connectivity index (χ0n) is 8.44. The average Bonchev–Trinajstić information content (AvgIpc) is 2.03. The van der Waals surface area contributed by atoms with E-state index in [0.717, 1.165) is 12.1 Å². The van der Waals surface area contributed by atoms with Crippen LogP contribution in [0, 0.1) is 0 Å². The Labute approximate surface area is 74.9 Å². The molecule has 70 valence electrons. The molecule has 0 radical (unpaired) electrons. The highest BCUT2D eigenvalue weighted by Crippen LogP contribution is 2.07. The number of hydrogen-bond donors (Lipinski definition) is 2. The van der Waals surface area contributed by atoms with E-state index in [1.165, 1.54) is 5.57 Å². The third kappa shape index (κ3) is 4.13. The Balaban J connectivity index is 4.15. The van der Waals surface area contributed by atoms with Crippen LogP contribution in [-0.2, 0) is 0 Å². The highest BCUT2D eigenvalue weighted by Gasteiger charge is 2.03. The SMILES string of the molecule is C=NNC(CC(C)NC)=C(C)C. The van der Waals surface area contributed by atoms with Gasteiger partial charge in [0.1, 0.15) is 0 Å². The quantitative estimate of drug-likeness (QED) is 0.483. The first kappa shape index (κ1) is 11.2. The molecule has 1 unspecified atom stereocenters. The van der Waals surface area contributed by atoms with E-state index in [4.69, 9.17) is 0 Å². The summed E-state index contributed by atoms with van der Waals surface area (Å²) < 4.78 is 0. The van der Waals surface area contributed by atoms with Crippen molar-refractivity contribution < 1.29 is 0 Å². The molecular formula is C9H19N3. The second kappa shape index (κ2) is 5.77. The molecule has 3 nitrogen and oxygen atoms in total. The van der Waals surface area contributed by atoms with Crippen LogP contribution in [0.25, 0.3) is 0 Å². The minimum atomic E-state index is 0.462. The molecule has 0 bridgehead atoms. The van der Waals surface area contributed by atoms with E-state index in [1.54, 1.807) is 0 Å². The van der Waals surface area contributed by atoms with E-state index < -0.39 is 0 Å². The van der Waals surface area contributed by atoms with Crippen molar-refractivity contribution in [2.24, 2.45) is 5.10 Å². The van der Waals surface area contributed by atoms with E-state index in [2.05, 4.69) is 43.3 Å². The Morgan fingerprint density at radius 1 is 1.50 bits per heavy atom. The predicted molar refractivity (Wildman–Crippen MR) is 54.2 cm³/mol. The van der Waals surface area contributed by atoms with Crippen molar-refractivity contribution in [1.82, 2.24) is 10.7 Å². The van der Waals surface area contributed by atoms with E-state index >= 15 is 0 Å². The first-order valence-electron chi connectivity index (χ1n) is 4.17. The summed E-state index contributed by atoms with van der Waals surface area (Å²) in [4.78, 5) is 0. The van der Waals surface area contributed by atoms with Crippen LogP contribution in [0.5, 0.6) is 0 Å². The first-order chi connectivity index (χ1) is 5.61. The lowest BCUT2D eigenvalue weighted by molar-refractivity contribution is 0.580. The minimum Gasteiger partial charge on any atom is -0.317 e. The number of rotatable bonds is 5. The summed E-state index contributed by atoms with van der Waals surface area (Å²) in [5, 5.41) is 6.83. The van der Waals surface area contributed by atoms with Gasteiger partial charge in [-0.25, -0.2) is 0 Å². The molecule has 0 aromatic heterocycles. The summed E-state index contributed by atoms with van der Waals surface area (Å²) in [5.41, 5.74) is 5.30. The fourth-order valence-electron chi connectivity index (χ4n) is 0.865. The van der Waals surface area contributed by atoms with Crippen molar-refractivity contribution >= 4 is 6.72 Å². The van der Waals surface area contributed by atoms with E-state index in [0.29, 0.717) is 6.04 Å². The van der Waals surface area contributed by atoms with Crippen LogP contribution >= 0.6 is 0 Å². The molecule has 0 aromatic carbocycles. The lowest BCUT2D eigenvalue weighted by Gasteiger charge is -2.14. The smallest absolute Gasteiger partial charge is 0.0337 e. The maximum absolute atomic E-state index is 3.66. The number of allylic oxidation sites excluding steroid dienone is 1. The van der Waals surface area contributed by atoms with Gasteiger partial charge in [-0.2, -0.15) is 5.10 Å². The maximum Gasteiger partial charge on any atom is 0.0337 e. The highest BCUT2D eigenvalue weighted by atomic mass is 15.3. The average molecular weight is 169 g/mol. The van der Waals surface area contributed by atoms with Gasteiger partial charge in [0.25, 0.3) is 0 Å². The van der Waals surface area contributed by atoms with Gasteiger partial charge in [0.15, 0.2) is 0 Å². The fourth-order valence-corrected chi connectivity index (χ4v) is 0.865. The Morgan fingerprint density at radius 3 is 2.42 bits per heavy atom. The third-order valence-electron chi connectivity index (χ3n) is 1.82. The van der Waals surface area contributed by atoms with Gasteiger partial charge in [0.05, 0.1) is 0 Å². The van der Waals surface area contributed by atoms with Gasteiger partial charge in [-0.15, -0.1) is 0 Å². The summed E-state index contributed by atoms with van der Waals surface area (Å²) >= 11 is 0. The van der Waals surface area contributed by atoms with Crippen LogP contribution in [0.3, 0.4) is 0 Å². The van der Waals surface area contributed by atoms with Crippen LogP contribution in [-0.4, -0.2) is 19.8 Å². The summed E-state index contributed by atoms with van der Waals surface area (Å²) in [5.74, 6) is 0. The molecule has 12 heavy (non-hydrogen) atoms. The zero-order valence-corrected chi connectivity index (χ0v) is 8.44. The van der Waals surface area contributed by atoms with Crippen molar-refractivity contribution in [3.63, 3.8) is 0 Å². The van der Waals surface area contributed by atoms with Crippen LogP contribution in [0.15, 0.2) is 16.4 Å². The van der Waals surface area contributed by atoms with E-state index in [9.17, 15) is 0 Å². The molecule has 2 N–H and O–H groups in total. The van der Waals surface area contributed by atoms with Gasteiger partial charge in [0, 0.05) is 24.9 Å². The molecule has 0 saturated carbocycles. The van der Waals surface area contributed by atoms with Gasteiger partial charge in [-0.05, 0) is 27.8 Å². The molecular weight excluding hydrogens is 150 g/mol. The fraction of sp³-hybridized carbons (Fsp3) is 0.667. The van der Waals surface area contributed by atoms with E-state index in [-0.39, 0.29) is 0 Å². The topological polar surface area (TPSA) is 36.4 Å². The molecule has 1 atom stereocenters.